The summed E-state index contributed by atoms with van der Waals surface area (Å²) < 4.78 is 103. The zero-order valence-corrected chi connectivity index (χ0v) is 86.4. The predicted molar refractivity (Wildman–Crippen MR) is 498 cm³/mol. The van der Waals surface area contributed by atoms with Gasteiger partial charge in [-0.15, -0.1) is 0 Å². The average molecular weight is 2050 g/mol. The molecule has 6 aromatic rings. The van der Waals surface area contributed by atoms with E-state index in [-0.39, 0.29) is 178 Å². The Labute approximate surface area is 854 Å². The Morgan fingerprint density at radius 2 is 0.771 bits per heavy atom. The molecule has 3 aromatic heterocycles. The molecule has 3 aromatic carbocycles. The van der Waals surface area contributed by atoms with E-state index in [2.05, 4.69) is 43.3 Å². The minimum atomic E-state index is -3.35. The topological polar surface area (TPSA) is 351 Å². The molecule has 9 aliphatic heterocycles. The van der Waals surface area contributed by atoms with Gasteiger partial charge in [0.25, 0.3) is 5.92 Å². The van der Waals surface area contributed by atoms with Gasteiger partial charge in [-0.1, -0.05) is 91.8 Å². The van der Waals surface area contributed by atoms with Gasteiger partial charge in [-0.2, -0.15) is 8.78 Å². The quantitative estimate of drug-likeness (QED) is 0.0737. The molecule has 19 rings (SSSR count). The summed E-state index contributed by atoms with van der Waals surface area (Å²) in [6, 6.07) is 13.4. The number of methoxy groups -OCH3 is 3. The summed E-state index contributed by atoms with van der Waals surface area (Å²) in [5, 5.41) is 0. The Bertz CT molecular complexity index is 5320. The number of amides is 3. The number of aromatic nitrogens is 6. The van der Waals surface area contributed by atoms with Crippen LogP contribution in [0.2, 0.25) is 0 Å². The number of carbonyl (C=O) groups excluding carboxylic acids is 9. The van der Waals surface area contributed by atoms with Crippen LogP contribution in [0.3, 0.4) is 0 Å². The summed E-state index contributed by atoms with van der Waals surface area (Å²) in [4.78, 5) is 154. The van der Waals surface area contributed by atoms with Crippen LogP contribution in [-0.2, 0) is 146 Å². The smallest absolute Gasteiger partial charge is 0.307 e. The summed E-state index contributed by atoms with van der Waals surface area (Å²) in [6.45, 7) is 17.1. The van der Waals surface area contributed by atoms with Gasteiger partial charge >= 0.3 is 17.9 Å². The van der Waals surface area contributed by atoms with Gasteiger partial charge < -0.3 is 85.9 Å². The van der Waals surface area contributed by atoms with E-state index in [0.717, 1.165) is 99.5 Å². The van der Waals surface area contributed by atoms with Crippen LogP contribution in [0.25, 0.3) is 33.1 Å². The van der Waals surface area contributed by atoms with E-state index in [1.165, 1.54) is 18.4 Å². The van der Waals surface area contributed by atoms with Gasteiger partial charge in [-0.05, 0) is 235 Å². The van der Waals surface area contributed by atoms with Crippen LogP contribution in [0.1, 0.15) is 239 Å². The van der Waals surface area contributed by atoms with E-state index in [0.29, 0.717) is 174 Å². The molecule has 4 aliphatic carbocycles. The number of carbonyl (C=O) groups is 6. The van der Waals surface area contributed by atoms with Crippen molar-refractivity contribution in [3.05, 3.63) is 71.7 Å². The molecule has 3 radical (unpaired) electrons. The molecule has 140 heavy (non-hydrogen) atoms. The second-order valence-corrected chi connectivity index (χ2v) is 42.3. The van der Waals surface area contributed by atoms with Gasteiger partial charge in [0.2, 0.25) is 35.4 Å². The largest absolute Gasteiger partial charge is 0.540 e. The first kappa shape index (κ1) is 108. The van der Waals surface area contributed by atoms with E-state index >= 15 is 8.78 Å². The first-order valence-electron chi connectivity index (χ1n) is 50.3. The molecule has 757 valence electrons. The Kier molecular flexibility index (Phi) is 35.4. The van der Waals surface area contributed by atoms with Crippen molar-refractivity contribution < 1.29 is 164 Å². The zero-order valence-electron chi connectivity index (χ0n) is 82.2. The Hall–Kier alpha value is -8.20. The maximum Gasteiger partial charge on any atom is 0.307 e. The van der Waals surface area contributed by atoms with Crippen LogP contribution < -0.4 is 28.4 Å². The van der Waals surface area contributed by atoms with Crippen molar-refractivity contribution in [3.8, 4) is 34.9 Å². The van der Waals surface area contributed by atoms with Crippen LogP contribution in [0, 0.1) is 81.3 Å². The summed E-state index contributed by atoms with van der Waals surface area (Å²) >= 11 is 0. The van der Waals surface area contributed by atoms with Crippen LogP contribution >= 0.6 is 0 Å². The molecule has 0 spiro atoms. The zero-order chi connectivity index (χ0) is 96.4. The number of ether oxygens (including phenoxy) is 12. The van der Waals surface area contributed by atoms with Crippen LogP contribution in [0.15, 0.2) is 54.6 Å². The standard InChI is InChI=1S/C36H46N3O7.C36H48N3O7.C33H40F2N3O7.3V/c1-21-30(20-40)39-19-32(21)46-34-28(37-27-10-9-23(43-3)17-29(27)38-34)8-6-4-5-7-24-25-15-22(25)16-31(24)45-33(41)18-26(35(39)42)36(2)11-13-44-14-12-36;1-23-30(22-40)39-21-31(23)45-33-28(37-27-13-12-25(43-4)19-29(27)38-33)11-7-5-6-9-24-10-8-14-36(24,3)46-32(41)20-26(34(39)42)35(2)15-17-44-18-16-35;1-19-25(18-39)38-17-27(19)45-30-29(36-23-8-7-21(42-3)15-24(23)37-30)33(34,35)9-5-4-6-20-14-26(20)44-28(40)16-22(31(38)41)32(2)10-12-43-13-11-32;;;/h9-10,17,21-22,24-26,30-32H,4-8,11-16,18-19H2,1-3H3;12-13,19,23-24,26,30-31H,5-11,14-18,20-21H2,1-4H3;7-8,15,19-20,22,25-27H,4-6,9-14,16-17H2,1-3H3;;;/q3*-1;;;/t21-,22?,24+,25?,26+,30+,31+,32-;23-,24+,26+,30+,31-,36+;19-,20+,22+,25+,26+,27-;;;/m000.../s1. The number of aryl methyl sites for hydroxylation is 2. The minimum absolute atomic E-state index is 0. The average Bonchev–Trinajstić information content (AvgIpc) is 1.51. The molecular formula is C105H134F2N9O21V3-3. The molecule has 12 heterocycles. The number of halogens is 2. The molecular weight excluding hydrogens is 1910 g/mol. The van der Waals surface area contributed by atoms with Crippen LogP contribution in [0.4, 0.5) is 8.78 Å². The maximum atomic E-state index is 15.9. The fourth-order valence-electron chi connectivity index (χ4n) is 24.0. The summed E-state index contributed by atoms with van der Waals surface area (Å²) in [6.07, 6.45) is 23.7. The van der Waals surface area contributed by atoms with Crippen LogP contribution in [-0.4, -0.2) is 234 Å². The number of alkyl halides is 2. The monoisotopic (exact) mass is 2050 g/mol. The van der Waals surface area contributed by atoms with Crippen molar-refractivity contribution in [3.63, 3.8) is 0 Å². The third-order valence-electron chi connectivity index (χ3n) is 33.5. The van der Waals surface area contributed by atoms with E-state index in [4.69, 9.17) is 76.8 Å². The van der Waals surface area contributed by atoms with Crippen molar-refractivity contribution in [2.75, 3.05) is 80.6 Å². The van der Waals surface area contributed by atoms with Crippen molar-refractivity contribution in [2.45, 2.75) is 295 Å². The molecule has 35 heteroatoms. The number of hydrogen-bond acceptors (Lipinski definition) is 27. The number of rotatable bonds is 9. The van der Waals surface area contributed by atoms with Gasteiger partial charge in [0.15, 0.2) is 5.69 Å². The van der Waals surface area contributed by atoms with Crippen molar-refractivity contribution in [1.82, 2.24) is 44.6 Å². The van der Waals surface area contributed by atoms with Crippen molar-refractivity contribution in [1.29, 1.82) is 0 Å². The summed E-state index contributed by atoms with van der Waals surface area (Å²) in [5.41, 5.74) is 2.37. The molecule has 4 saturated carbocycles. The molecule has 10 fully saturated rings. The van der Waals surface area contributed by atoms with Gasteiger partial charge in [-0.25, -0.2) is 48.8 Å². The Balaban J connectivity index is 0.000000165. The minimum Gasteiger partial charge on any atom is -0.540 e. The molecule has 20 atom stereocenters. The molecule has 2 unspecified atom stereocenters. The third kappa shape index (κ3) is 23.5. The summed E-state index contributed by atoms with van der Waals surface area (Å²) in [7, 11) is 4.72. The Morgan fingerprint density at radius 3 is 1.21 bits per heavy atom. The van der Waals surface area contributed by atoms with Gasteiger partial charge in [0.1, 0.15) is 64.8 Å². The van der Waals surface area contributed by atoms with Gasteiger partial charge in [0, 0.05) is 120 Å². The number of hydrogen-bond donors (Lipinski definition) is 0. The second-order valence-electron chi connectivity index (χ2n) is 42.3. The number of nitrogens with zero attached hydrogens (tertiary/aromatic N) is 9. The van der Waals surface area contributed by atoms with Gasteiger partial charge in [-0.3, -0.25) is 28.8 Å². The predicted octanol–water partition coefficient (Wildman–Crippen LogP) is 15.0. The molecule has 30 nitrogen and oxygen atoms in total. The SMILES string of the molecule is COc1ccc2nc3c(nc2c1)O[C@H]1CN(C(=O)[C@H](C2(C)CCOCC2)CC(=O)O[C@@H]2CC4CC4[C@H]2CCCCC3)[C@H]([C-]=O)[C@@H]1C.COc1ccc2nc3c(nc2c1)O[C@H]1CN(C(=O)[C@H](C2(C)CCOCC2)CC(=O)O[C@@H]2C[C@H]2CCCCC3(F)F)[C@H]([C-]=O)[C@@H]1C.COc1ccc2nc3c(nc2c1)O[C@H]1CN(C(=O)[C@H](C2(C)CCOCC2)CC(=O)O[C@]2(C)CCC[C@H]2CCCCC3)[C@H]([C-]=O)[C@@H]1C.[V].[V].[V]. The summed E-state index contributed by atoms with van der Waals surface area (Å²) in [5.74, 6) is -4.17. The van der Waals surface area contributed by atoms with E-state index < -0.39 is 106 Å². The normalized spacial score (nSPS) is 32.3. The molecule has 6 bridgehead atoms. The number of fused-ring (bicyclic) bond motifs is 17. The fraction of sp³-hybridized carbons (Fsp3) is 0.686. The molecule has 6 saturated heterocycles. The van der Waals surface area contributed by atoms with E-state index in [9.17, 15) is 43.2 Å². The number of benzene rings is 3. The first-order chi connectivity index (χ1) is 65.9. The molecule has 0 N–H and O–H groups in total. The fourth-order valence-corrected chi connectivity index (χ4v) is 24.0. The Morgan fingerprint density at radius 1 is 0.386 bits per heavy atom. The first-order valence-corrected chi connectivity index (χ1v) is 50.3. The maximum absolute atomic E-state index is 15.9. The van der Waals surface area contributed by atoms with Crippen molar-refractivity contribution in [2.24, 2.45) is 81.3 Å². The third-order valence-corrected chi connectivity index (χ3v) is 33.5. The molecule has 13 aliphatic rings. The van der Waals surface area contributed by atoms with E-state index in [1.807, 2.05) is 63.5 Å². The number of esters is 3. The van der Waals surface area contributed by atoms with E-state index in [1.54, 1.807) is 49.1 Å². The van der Waals surface area contributed by atoms with Crippen molar-refractivity contribution >= 4 is 87.6 Å². The van der Waals surface area contributed by atoms with Gasteiger partial charge in [0.05, 0.1) is 111 Å². The second kappa shape index (κ2) is 46.0. The van der Waals surface area contributed by atoms with Crippen LogP contribution in [0.5, 0.6) is 34.9 Å². The molecule has 3 amide bonds.